The number of hydrogen-bond acceptors (Lipinski definition) is 1. The van der Waals surface area contributed by atoms with E-state index in [0.717, 1.165) is 17.9 Å². The molecule has 3 rings (SSSR count). The first-order valence-electron chi connectivity index (χ1n) is 5.63. The van der Waals surface area contributed by atoms with Gasteiger partial charge in [-0.05, 0) is 42.9 Å². The zero-order valence-electron chi connectivity index (χ0n) is 9.25. The Morgan fingerprint density at radius 2 is 2.00 bits per heavy atom. The van der Waals surface area contributed by atoms with Crippen LogP contribution in [0.5, 0.6) is 0 Å². The smallest absolute Gasteiger partial charge is 0.0708 e. The molecule has 1 heterocycles. The number of hydrogen-bond donors (Lipinski definition) is 0. The molecule has 0 amide bonds. The molecule has 0 aliphatic heterocycles. The van der Waals surface area contributed by atoms with Crippen LogP contribution in [0.15, 0.2) is 24.3 Å². The van der Waals surface area contributed by atoms with E-state index in [4.69, 9.17) is 4.98 Å². The van der Waals surface area contributed by atoms with Crippen molar-refractivity contribution in [3.63, 3.8) is 0 Å². The van der Waals surface area contributed by atoms with E-state index < -0.39 is 0 Å². The summed E-state index contributed by atoms with van der Waals surface area (Å²) in [6, 6.07) is 8.47. The van der Waals surface area contributed by atoms with E-state index in [9.17, 15) is 0 Å². The minimum Gasteiger partial charge on any atom is -0.253 e. The van der Waals surface area contributed by atoms with Crippen molar-refractivity contribution in [1.82, 2.24) is 4.98 Å². The Bertz CT molecular complexity index is 528. The lowest BCUT2D eigenvalue weighted by molar-refractivity contribution is 0.623. The lowest BCUT2D eigenvalue weighted by Gasteiger charge is -2.07. The van der Waals surface area contributed by atoms with Gasteiger partial charge in [-0.1, -0.05) is 25.1 Å². The van der Waals surface area contributed by atoms with Gasteiger partial charge in [-0.2, -0.15) is 0 Å². The van der Waals surface area contributed by atoms with E-state index in [1.54, 1.807) is 0 Å². The third-order valence-corrected chi connectivity index (χ3v) is 3.46. The summed E-state index contributed by atoms with van der Waals surface area (Å²) < 4.78 is 0. The first-order chi connectivity index (χ1) is 7.25. The predicted molar refractivity (Wildman–Crippen MR) is 63.1 cm³/mol. The summed E-state index contributed by atoms with van der Waals surface area (Å²) in [5, 5.41) is 1.32. The van der Waals surface area contributed by atoms with E-state index >= 15 is 0 Å². The Hall–Kier alpha value is -1.37. The molecule has 0 saturated heterocycles. The van der Waals surface area contributed by atoms with Crippen LogP contribution in [-0.4, -0.2) is 4.98 Å². The van der Waals surface area contributed by atoms with Gasteiger partial charge >= 0.3 is 0 Å². The highest BCUT2D eigenvalue weighted by molar-refractivity contribution is 5.83. The normalized spacial score (nSPS) is 19.5. The third kappa shape index (κ3) is 1.26. The van der Waals surface area contributed by atoms with Gasteiger partial charge in [0.2, 0.25) is 0 Å². The fourth-order valence-corrected chi connectivity index (χ4v) is 2.67. The predicted octanol–water partition coefficient (Wildman–Crippen LogP) is 3.28. The van der Waals surface area contributed by atoms with Crippen molar-refractivity contribution < 1.29 is 0 Å². The quantitative estimate of drug-likeness (QED) is 0.631. The molecular weight excluding hydrogens is 182 g/mol. The van der Waals surface area contributed by atoms with Crippen LogP contribution in [-0.2, 0) is 12.8 Å². The fourth-order valence-electron chi connectivity index (χ4n) is 2.67. The monoisotopic (exact) mass is 197 g/mol. The molecule has 15 heavy (non-hydrogen) atoms. The Balaban J connectivity index is 2.35. The first kappa shape index (κ1) is 8.90. The van der Waals surface area contributed by atoms with Crippen molar-refractivity contribution in [3.8, 4) is 0 Å². The Kier molecular flexibility index (Phi) is 1.82. The molecule has 1 aliphatic rings. The molecule has 0 fully saturated rings. The summed E-state index contributed by atoms with van der Waals surface area (Å²) in [5.41, 5.74) is 5.43. The average Bonchev–Trinajstić information content (AvgIpc) is 2.59. The van der Waals surface area contributed by atoms with E-state index in [-0.39, 0.29) is 0 Å². The van der Waals surface area contributed by atoms with Crippen LogP contribution >= 0.6 is 0 Å². The van der Waals surface area contributed by atoms with E-state index in [1.807, 2.05) is 0 Å². The second-order valence-corrected chi connectivity index (χ2v) is 4.69. The zero-order chi connectivity index (χ0) is 10.4. The summed E-state index contributed by atoms with van der Waals surface area (Å²) in [6.45, 7) is 4.55. The Morgan fingerprint density at radius 3 is 2.87 bits per heavy atom. The second-order valence-electron chi connectivity index (χ2n) is 4.69. The summed E-state index contributed by atoms with van der Waals surface area (Å²) in [7, 11) is 0. The molecule has 76 valence electrons. The Morgan fingerprint density at radius 1 is 1.20 bits per heavy atom. The molecule has 1 atom stereocenters. The minimum atomic E-state index is 0.767. The Labute approximate surface area is 90.2 Å². The van der Waals surface area contributed by atoms with Gasteiger partial charge in [0, 0.05) is 11.1 Å². The average molecular weight is 197 g/mol. The van der Waals surface area contributed by atoms with Crippen LogP contribution in [0.3, 0.4) is 0 Å². The molecule has 0 radical (unpaired) electrons. The molecule has 0 spiro atoms. The molecule has 0 saturated carbocycles. The van der Waals surface area contributed by atoms with E-state index in [0.29, 0.717) is 0 Å². The van der Waals surface area contributed by atoms with Gasteiger partial charge in [0.25, 0.3) is 0 Å². The van der Waals surface area contributed by atoms with Crippen LogP contribution in [0.1, 0.15) is 23.7 Å². The highest BCUT2D eigenvalue weighted by Gasteiger charge is 2.21. The van der Waals surface area contributed by atoms with Gasteiger partial charge in [0.1, 0.15) is 0 Å². The van der Waals surface area contributed by atoms with Gasteiger partial charge in [-0.3, -0.25) is 4.98 Å². The highest BCUT2D eigenvalue weighted by atomic mass is 14.7. The van der Waals surface area contributed by atoms with Gasteiger partial charge in [0.15, 0.2) is 0 Å². The summed E-state index contributed by atoms with van der Waals surface area (Å²) in [4.78, 5) is 4.77. The molecule has 2 aromatic rings. The summed E-state index contributed by atoms with van der Waals surface area (Å²) in [6.07, 6.45) is 2.36. The molecule has 1 nitrogen and oxygen atoms in total. The number of rotatable bonds is 0. The lowest BCUT2D eigenvalue weighted by Crippen LogP contribution is -1.93. The number of nitrogens with zero attached hydrogens (tertiary/aromatic N) is 1. The van der Waals surface area contributed by atoms with Crippen LogP contribution < -0.4 is 0 Å². The highest BCUT2D eigenvalue weighted by Crippen LogP contribution is 2.31. The van der Waals surface area contributed by atoms with E-state index in [1.165, 1.54) is 28.6 Å². The zero-order valence-corrected chi connectivity index (χ0v) is 9.25. The summed E-state index contributed by atoms with van der Waals surface area (Å²) >= 11 is 0. The first-order valence-corrected chi connectivity index (χ1v) is 5.63. The largest absolute Gasteiger partial charge is 0.253 e. The fraction of sp³-hybridized carbons (Fsp3) is 0.357. The topological polar surface area (TPSA) is 12.9 Å². The molecule has 1 unspecified atom stereocenters. The number of para-hydroxylation sites is 1. The van der Waals surface area contributed by atoms with Gasteiger partial charge in [-0.15, -0.1) is 0 Å². The molecular formula is C14H15N. The molecule has 1 aromatic heterocycles. The van der Waals surface area contributed by atoms with Crippen LogP contribution in [0.2, 0.25) is 0 Å². The number of fused-ring (bicyclic) bond motifs is 2. The standard InChI is InChI=1S/C14H15N/c1-9-7-12-10(2)11-5-3-4-6-13(11)15-14(12)8-9/h3-6,9H,7-8H2,1-2H3. The maximum absolute atomic E-state index is 4.77. The van der Waals surface area contributed by atoms with E-state index in [2.05, 4.69) is 38.1 Å². The number of pyridine rings is 1. The molecule has 1 aliphatic carbocycles. The maximum atomic E-state index is 4.77. The van der Waals surface area contributed by atoms with Crippen molar-refractivity contribution in [3.05, 3.63) is 41.1 Å². The molecule has 0 bridgehead atoms. The molecule has 1 heteroatoms. The lowest BCUT2D eigenvalue weighted by atomic mass is 10.0. The van der Waals surface area contributed by atoms with Crippen molar-refractivity contribution in [2.24, 2.45) is 5.92 Å². The van der Waals surface area contributed by atoms with Gasteiger partial charge < -0.3 is 0 Å². The minimum absolute atomic E-state index is 0.767. The van der Waals surface area contributed by atoms with Crippen LogP contribution in [0.25, 0.3) is 10.9 Å². The number of aryl methyl sites for hydroxylation is 1. The van der Waals surface area contributed by atoms with Gasteiger partial charge in [-0.25, -0.2) is 0 Å². The second kappa shape index (κ2) is 3.06. The maximum Gasteiger partial charge on any atom is 0.0708 e. The third-order valence-electron chi connectivity index (χ3n) is 3.46. The van der Waals surface area contributed by atoms with Crippen molar-refractivity contribution in [1.29, 1.82) is 0 Å². The van der Waals surface area contributed by atoms with Crippen molar-refractivity contribution in [2.75, 3.05) is 0 Å². The van der Waals surface area contributed by atoms with Crippen LogP contribution in [0, 0.1) is 12.8 Å². The summed E-state index contributed by atoms with van der Waals surface area (Å²) in [5.74, 6) is 0.767. The van der Waals surface area contributed by atoms with Crippen LogP contribution in [0.4, 0.5) is 0 Å². The molecule has 1 aromatic carbocycles. The number of aromatic nitrogens is 1. The molecule has 0 N–H and O–H groups in total. The van der Waals surface area contributed by atoms with Crippen molar-refractivity contribution in [2.45, 2.75) is 26.7 Å². The van der Waals surface area contributed by atoms with Gasteiger partial charge in [0.05, 0.1) is 5.52 Å². The van der Waals surface area contributed by atoms with Crippen molar-refractivity contribution >= 4 is 10.9 Å². The SMILES string of the molecule is Cc1c2c(nc3ccccc13)CC(C)C2. The number of benzene rings is 1.